The van der Waals surface area contributed by atoms with E-state index in [2.05, 4.69) is 18.2 Å². The Labute approximate surface area is 150 Å². The lowest BCUT2D eigenvalue weighted by atomic mass is 9.94. The number of hydrogen-bond acceptors (Lipinski definition) is 1. The molecule has 0 bridgehead atoms. The van der Waals surface area contributed by atoms with Crippen LogP contribution >= 0.6 is 23.2 Å². The van der Waals surface area contributed by atoms with Crippen molar-refractivity contribution in [2.24, 2.45) is 0 Å². The Kier molecular flexibility index (Phi) is 8.25. The smallest absolute Gasteiger partial charge is 0.254 e. The molecule has 0 radical (unpaired) electrons. The van der Waals surface area contributed by atoms with Crippen LogP contribution in [0.3, 0.4) is 0 Å². The van der Waals surface area contributed by atoms with Crippen molar-refractivity contribution in [2.45, 2.75) is 51.4 Å². The first kappa shape index (κ1) is 18.6. The zero-order valence-corrected chi connectivity index (χ0v) is 15.3. The predicted molar refractivity (Wildman–Crippen MR) is 98.9 cm³/mol. The molecule has 0 unspecified atom stereocenters. The summed E-state index contributed by atoms with van der Waals surface area (Å²) in [7, 11) is 0. The quantitative estimate of drug-likeness (QED) is 0.425. The highest BCUT2D eigenvalue weighted by Crippen LogP contribution is 2.22. The lowest BCUT2D eigenvalue weighted by molar-refractivity contribution is 0.0736. The van der Waals surface area contributed by atoms with Gasteiger partial charge in [0.25, 0.3) is 5.91 Å². The molecule has 1 aliphatic heterocycles. The lowest BCUT2D eigenvalue weighted by Gasteiger charge is -2.29. The van der Waals surface area contributed by atoms with Gasteiger partial charge in [-0.15, -0.1) is 23.2 Å². The highest BCUT2D eigenvalue weighted by atomic mass is 35.5. The SMILES string of the molecule is O=C1c2cc(CCCCCCl)ccc2CCN1CCCCCCl. The van der Waals surface area contributed by atoms with Crippen molar-refractivity contribution in [3.8, 4) is 0 Å². The minimum atomic E-state index is 0.208. The summed E-state index contributed by atoms with van der Waals surface area (Å²) in [6, 6.07) is 6.45. The van der Waals surface area contributed by atoms with Gasteiger partial charge in [-0.25, -0.2) is 0 Å². The van der Waals surface area contributed by atoms with Crippen molar-refractivity contribution in [1.29, 1.82) is 0 Å². The first-order chi connectivity index (χ1) is 11.3. The van der Waals surface area contributed by atoms with E-state index in [0.29, 0.717) is 5.88 Å². The van der Waals surface area contributed by atoms with E-state index in [4.69, 9.17) is 23.2 Å². The molecule has 0 fully saturated rings. The van der Waals surface area contributed by atoms with Gasteiger partial charge in [-0.1, -0.05) is 25.0 Å². The fourth-order valence-electron chi connectivity index (χ4n) is 3.11. The van der Waals surface area contributed by atoms with Crippen molar-refractivity contribution >= 4 is 29.1 Å². The van der Waals surface area contributed by atoms with E-state index >= 15 is 0 Å². The molecule has 0 atom stereocenters. The zero-order valence-electron chi connectivity index (χ0n) is 13.8. The fraction of sp³-hybridized carbons (Fsp3) is 0.632. The Balaban J connectivity index is 1.92. The van der Waals surface area contributed by atoms with Gasteiger partial charge in [-0.05, 0) is 55.7 Å². The van der Waals surface area contributed by atoms with Gasteiger partial charge in [0.15, 0.2) is 0 Å². The van der Waals surface area contributed by atoms with Crippen molar-refractivity contribution in [1.82, 2.24) is 4.90 Å². The second-order valence-corrected chi connectivity index (χ2v) is 7.04. The summed E-state index contributed by atoms with van der Waals surface area (Å²) in [6.45, 7) is 1.71. The van der Waals surface area contributed by atoms with Crippen LogP contribution in [0.5, 0.6) is 0 Å². The number of hydrogen-bond donors (Lipinski definition) is 0. The van der Waals surface area contributed by atoms with Crippen LogP contribution in [0.25, 0.3) is 0 Å². The Morgan fingerprint density at radius 2 is 1.70 bits per heavy atom. The van der Waals surface area contributed by atoms with E-state index in [-0.39, 0.29) is 5.91 Å². The van der Waals surface area contributed by atoms with E-state index in [9.17, 15) is 4.79 Å². The van der Waals surface area contributed by atoms with Crippen LogP contribution < -0.4 is 0 Å². The fourth-order valence-corrected chi connectivity index (χ4v) is 3.49. The summed E-state index contributed by atoms with van der Waals surface area (Å²) in [6.07, 6.45) is 8.56. The number of aryl methyl sites for hydroxylation is 1. The number of amides is 1. The van der Waals surface area contributed by atoms with Crippen LogP contribution in [0, 0.1) is 0 Å². The Hall–Kier alpha value is -0.730. The molecule has 0 N–H and O–H groups in total. The maximum atomic E-state index is 12.7. The van der Waals surface area contributed by atoms with Crippen molar-refractivity contribution < 1.29 is 4.79 Å². The normalized spacial score (nSPS) is 14.2. The van der Waals surface area contributed by atoms with Crippen molar-refractivity contribution in [2.75, 3.05) is 24.8 Å². The number of carbonyl (C=O) groups excluding carboxylic acids is 1. The number of benzene rings is 1. The van der Waals surface area contributed by atoms with Gasteiger partial charge in [0, 0.05) is 30.4 Å². The molecule has 0 aliphatic carbocycles. The van der Waals surface area contributed by atoms with E-state index in [1.54, 1.807) is 0 Å². The Morgan fingerprint density at radius 1 is 0.957 bits per heavy atom. The summed E-state index contributed by atoms with van der Waals surface area (Å²) in [5, 5.41) is 0. The molecule has 0 saturated carbocycles. The molecule has 2 nitrogen and oxygen atoms in total. The van der Waals surface area contributed by atoms with E-state index in [0.717, 1.165) is 75.9 Å². The van der Waals surface area contributed by atoms with Gasteiger partial charge in [0.05, 0.1) is 0 Å². The Morgan fingerprint density at radius 3 is 2.43 bits per heavy atom. The van der Waals surface area contributed by atoms with E-state index in [1.165, 1.54) is 11.1 Å². The van der Waals surface area contributed by atoms with Crippen molar-refractivity contribution in [3.63, 3.8) is 0 Å². The van der Waals surface area contributed by atoms with Crippen LogP contribution in [0.4, 0.5) is 0 Å². The maximum Gasteiger partial charge on any atom is 0.254 e. The summed E-state index contributed by atoms with van der Waals surface area (Å²) in [4.78, 5) is 14.7. The molecule has 128 valence electrons. The minimum Gasteiger partial charge on any atom is -0.338 e. The standard InChI is InChI=1S/C19H27Cl2NO/c20-11-4-1-3-7-16-8-9-17-10-14-22(13-6-2-5-12-21)19(23)18(17)15-16/h8-9,15H,1-7,10-14H2. The van der Waals surface area contributed by atoms with Crippen LogP contribution in [0.15, 0.2) is 18.2 Å². The molecule has 0 aromatic heterocycles. The first-order valence-electron chi connectivity index (χ1n) is 8.79. The van der Waals surface area contributed by atoms with Gasteiger partial charge in [-0.3, -0.25) is 4.79 Å². The van der Waals surface area contributed by atoms with E-state index in [1.807, 2.05) is 4.90 Å². The number of halogens is 2. The number of rotatable bonds is 10. The van der Waals surface area contributed by atoms with Crippen LogP contribution in [0.1, 0.15) is 60.0 Å². The van der Waals surface area contributed by atoms with Gasteiger partial charge >= 0.3 is 0 Å². The molecular formula is C19H27Cl2NO. The third kappa shape index (κ3) is 5.69. The van der Waals surface area contributed by atoms with Gasteiger partial charge in [-0.2, -0.15) is 0 Å². The number of unbranched alkanes of at least 4 members (excludes halogenated alkanes) is 4. The molecule has 1 amide bonds. The topological polar surface area (TPSA) is 20.3 Å². The largest absolute Gasteiger partial charge is 0.338 e. The average molecular weight is 356 g/mol. The Bertz CT molecular complexity index is 504. The molecule has 23 heavy (non-hydrogen) atoms. The van der Waals surface area contributed by atoms with Gasteiger partial charge in [0.2, 0.25) is 0 Å². The van der Waals surface area contributed by atoms with Crippen LogP contribution in [-0.2, 0) is 12.8 Å². The van der Waals surface area contributed by atoms with Gasteiger partial charge in [0.1, 0.15) is 0 Å². The molecule has 0 saturated heterocycles. The average Bonchev–Trinajstić information content (AvgIpc) is 2.58. The molecule has 1 heterocycles. The number of fused-ring (bicyclic) bond motifs is 1. The molecule has 1 aliphatic rings. The molecule has 0 spiro atoms. The second kappa shape index (κ2) is 10.2. The predicted octanol–water partition coefficient (Wildman–Crippen LogP) is 5.05. The third-order valence-electron chi connectivity index (χ3n) is 4.50. The summed E-state index contributed by atoms with van der Waals surface area (Å²) < 4.78 is 0. The first-order valence-corrected chi connectivity index (χ1v) is 9.86. The molecule has 1 aromatic carbocycles. The third-order valence-corrected chi connectivity index (χ3v) is 5.04. The molecule has 2 rings (SSSR count). The lowest BCUT2D eigenvalue weighted by Crippen LogP contribution is -2.38. The summed E-state index contributed by atoms with van der Waals surface area (Å²) in [5.41, 5.74) is 3.40. The van der Waals surface area contributed by atoms with Crippen LogP contribution in [0.2, 0.25) is 0 Å². The maximum absolute atomic E-state index is 12.7. The number of nitrogens with zero attached hydrogens (tertiary/aromatic N) is 1. The summed E-state index contributed by atoms with van der Waals surface area (Å²) in [5.74, 6) is 1.66. The van der Waals surface area contributed by atoms with E-state index < -0.39 is 0 Å². The monoisotopic (exact) mass is 355 g/mol. The summed E-state index contributed by atoms with van der Waals surface area (Å²) >= 11 is 11.4. The number of alkyl halides is 2. The molecular weight excluding hydrogens is 329 g/mol. The van der Waals surface area contributed by atoms with Gasteiger partial charge < -0.3 is 4.90 Å². The molecule has 1 aromatic rings. The minimum absolute atomic E-state index is 0.208. The number of carbonyl (C=O) groups is 1. The highest BCUT2D eigenvalue weighted by Gasteiger charge is 2.23. The zero-order chi connectivity index (χ0) is 16.5. The van der Waals surface area contributed by atoms with Crippen LogP contribution in [-0.4, -0.2) is 35.7 Å². The second-order valence-electron chi connectivity index (χ2n) is 6.28. The van der Waals surface area contributed by atoms with Crippen molar-refractivity contribution in [3.05, 3.63) is 34.9 Å². The highest BCUT2D eigenvalue weighted by molar-refractivity contribution is 6.18. The molecule has 4 heteroatoms.